The molecule has 0 aromatic heterocycles. The molecule has 1 N–H and O–H groups in total. The molecule has 1 fully saturated rings. The van der Waals surface area contributed by atoms with E-state index in [1.165, 1.54) is 16.4 Å². The van der Waals surface area contributed by atoms with E-state index < -0.39 is 10.0 Å². The van der Waals surface area contributed by atoms with Gasteiger partial charge in [0.2, 0.25) is 10.0 Å². The first-order valence-corrected chi connectivity index (χ1v) is 9.89. The molecule has 0 spiro atoms. The Hall–Kier alpha value is -2.22. The molecule has 0 aliphatic carbocycles. The van der Waals surface area contributed by atoms with E-state index in [-0.39, 0.29) is 10.8 Å². The predicted molar refractivity (Wildman–Crippen MR) is 99.9 cm³/mol. The van der Waals surface area contributed by atoms with Crippen LogP contribution in [0, 0.1) is 13.8 Å². The minimum absolute atomic E-state index is 0.119. The van der Waals surface area contributed by atoms with E-state index >= 15 is 0 Å². The Labute approximate surface area is 153 Å². The summed E-state index contributed by atoms with van der Waals surface area (Å²) in [5.41, 5.74) is 3.08. The molecule has 1 amide bonds. The van der Waals surface area contributed by atoms with E-state index in [1.54, 1.807) is 12.1 Å². The Balaban J connectivity index is 1.84. The monoisotopic (exact) mass is 374 g/mol. The Bertz CT molecular complexity index is 919. The number of aryl methyl sites for hydroxylation is 1. The standard InChI is InChI=1S/C19H22N2O4S/c1-14-5-3-8-18(15(14)2)20-19(22)16-6-4-7-17(13-16)26(23,24)21-9-11-25-12-10-21/h3-8,13H,9-12H2,1-2H3,(H,20,22). The average molecular weight is 374 g/mol. The smallest absolute Gasteiger partial charge is 0.255 e. The Morgan fingerprint density at radius 3 is 2.50 bits per heavy atom. The largest absolute Gasteiger partial charge is 0.379 e. The third-order valence-corrected chi connectivity index (χ3v) is 6.45. The molecular weight excluding hydrogens is 352 g/mol. The summed E-state index contributed by atoms with van der Waals surface area (Å²) in [6.07, 6.45) is 0. The average Bonchev–Trinajstić information content (AvgIpc) is 2.66. The van der Waals surface area contributed by atoms with Crippen LogP contribution in [0.4, 0.5) is 5.69 Å². The summed E-state index contributed by atoms with van der Waals surface area (Å²) >= 11 is 0. The van der Waals surface area contributed by atoms with E-state index in [2.05, 4.69) is 5.32 Å². The number of ether oxygens (including phenoxy) is 1. The highest BCUT2D eigenvalue weighted by atomic mass is 32.2. The van der Waals surface area contributed by atoms with Crippen molar-refractivity contribution in [2.24, 2.45) is 0 Å². The number of hydrogen-bond donors (Lipinski definition) is 1. The zero-order chi connectivity index (χ0) is 18.7. The number of anilines is 1. The number of hydrogen-bond acceptors (Lipinski definition) is 4. The van der Waals surface area contributed by atoms with Gasteiger partial charge in [-0.1, -0.05) is 18.2 Å². The van der Waals surface area contributed by atoms with Crippen molar-refractivity contribution in [1.82, 2.24) is 4.31 Å². The number of benzene rings is 2. The lowest BCUT2D eigenvalue weighted by molar-refractivity contribution is 0.0730. The summed E-state index contributed by atoms with van der Waals surface area (Å²) in [5, 5.41) is 2.86. The van der Waals surface area contributed by atoms with Crippen LogP contribution in [0.3, 0.4) is 0 Å². The molecule has 1 aliphatic heterocycles. The maximum atomic E-state index is 12.8. The summed E-state index contributed by atoms with van der Waals surface area (Å²) in [5.74, 6) is -0.335. The van der Waals surface area contributed by atoms with Gasteiger partial charge in [-0.25, -0.2) is 8.42 Å². The van der Waals surface area contributed by atoms with Gasteiger partial charge in [-0.3, -0.25) is 4.79 Å². The maximum Gasteiger partial charge on any atom is 0.255 e. The molecule has 0 bridgehead atoms. The van der Waals surface area contributed by atoms with Crippen LogP contribution in [0.1, 0.15) is 21.5 Å². The molecule has 3 rings (SSSR count). The van der Waals surface area contributed by atoms with Crippen molar-refractivity contribution >= 4 is 21.6 Å². The summed E-state index contributed by atoms with van der Waals surface area (Å²) in [6, 6.07) is 11.8. The van der Waals surface area contributed by atoms with Crippen LogP contribution in [-0.4, -0.2) is 44.9 Å². The molecule has 1 aliphatic rings. The maximum absolute atomic E-state index is 12.8. The molecule has 2 aromatic rings. The molecular formula is C19H22N2O4S. The quantitative estimate of drug-likeness (QED) is 0.892. The normalized spacial score (nSPS) is 15.6. The summed E-state index contributed by atoms with van der Waals surface area (Å²) in [6.45, 7) is 5.31. The Morgan fingerprint density at radius 1 is 1.08 bits per heavy atom. The number of carbonyl (C=O) groups excluding carboxylic acids is 1. The molecule has 0 saturated carbocycles. The highest BCUT2D eigenvalue weighted by Crippen LogP contribution is 2.21. The van der Waals surface area contributed by atoms with E-state index in [9.17, 15) is 13.2 Å². The second-order valence-electron chi connectivity index (χ2n) is 6.25. The van der Waals surface area contributed by atoms with Gasteiger partial charge in [0.15, 0.2) is 0 Å². The minimum Gasteiger partial charge on any atom is -0.379 e. The van der Waals surface area contributed by atoms with Crippen LogP contribution >= 0.6 is 0 Å². The van der Waals surface area contributed by atoms with Crippen LogP contribution in [0.5, 0.6) is 0 Å². The molecule has 6 nitrogen and oxygen atoms in total. The van der Waals surface area contributed by atoms with Crippen LogP contribution in [0.2, 0.25) is 0 Å². The Morgan fingerprint density at radius 2 is 1.77 bits per heavy atom. The highest BCUT2D eigenvalue weighted by Gasteiger charge is 2.26. The van der Waals surface area contributed by atoms with Crippen molar-refractivity contribution in [1.29, 1.82) is 0 Å². The second kappa shape index (κ2) is 7.57. The van der Waals surface area contributed by atoms with Gasteiger partial charge >= 0.3 is 0 Å². The summed E-state index contributed by atoms with van der Waals surface area (Å²) in [4.78, 5) is 12.7. The second-order valence-corrected chi connectivity index (χ2v) is 8.18. The number of sulfonamides is 1. The highest BCUT2D eigenvalue weighted by molar-refractivity contribution is 7.89. The van der Waals surface area contributed by atoms with Crippen molar-refractivity contribution in [3.05, 3.63) is 59.2 Å². The predicted octanol–water partition coefficient (Wildman–Crippen LogP) is 2.58. The first-order valence-electron chi connectivity index (χ1n) is 8.45. The number of morpholine rings is 1. The van der Waals surface area contributed by atoms with Crippen LogP contribution in [0.25, 0.3) is 0 Å². The van der Waals surface area contributed by atoms with E-state index in [4.69, 9.17) is 4.74 Å². The summed E-state index contributed by atoms with van der Waals surface area (Å²) < 4.78 is 32.1. The SMILES string of the molecule is Cc1cccc(NC(=O)c2cccc(S(=O)(=O)N3CCOCC3)c2)c1C. The lowest BCUT2D eigenvalue weighted by Gasteiger charge is -2.26. The van der Waals surface area contributed by atoms with Gasteiger partial charge in [-0.15, -0.1) is 0 Å². The minimum atomic E-state index is -3.63. The Kier molecular flexibility index (Phi) is 5.41. The molecule has 2 aromatic carbocycles. The van der Waals surface area contributed by atoms with Crippen molar-refractivity contribution in [2.45, 2.75) is 18.7 Å². The molecule has 26 heavy (non-hydrogen) atoms. The topological polar surface area (TPSA) is 75.7 Å². The van der Waals surface area contributed by atoms with Gasteiger partial charge in [-0.05, 0) is 49.2 Å². The molecule has 138 valence electrons. The van der Waals surface area contributed by atoms with Gasteiger partial charge in [-0.2, -0.15) is 4.31 Å². The first kappa shape index (κ1) is 18.6. The van der Waals surface area contributed by atoms with E-state index in [1.807, 2.05) is 32.0 Å². The molecule has 0 unspecified atom stereocenters. The fraction of sp³-hybridized carbons (Fsp3) is 0.316. The van der Waals surface area contributed by atoms with Crippen LogP contribution in [-0.2, 0) is 14.8 Å². The third kappa shape index (κ3) is 3.80. The zero-order valence-corrected chi connectivity index (χ0v) is 15.7. The van der Waals surface area contributed by atoms with Gasteiger partial charge in [0.1, 0.15) is 0 Å². The molecule has 1 saturated heterocycles. The van der Waals surface area contributed by atoms with Crippen LogP contribution in [0.15, 0.2) is 47.4 Å². The number of nitrogens with one attached hydrogen (secondary N) is 1. The van der Waals surface area contributed by atoms with Gasteiger partial charge in [0.25, 0.3) is 5.91 Å². The van der Waals surface area contributed by atoms with Crippen molar-refractivity contribution < 1.29 is 17.9 Å². The number of nitrogens with zero attached hydrogens (tertiary/aromatic N) is 1. The van der Waals surface area contributed by atoms with Crippen molar-refractivity contribution in [3.8, 4) is 0 Å². The molecule has 0 radical (unpaired) electrons. The van der Waals surface area contributed by atoms with E-state index in [0.717, 1.165) is 16.8 Å². The number of carbonyl (C=O) groups is 1. The van der Waals surface area contributed by atoms with Gasteiger partial charge in [0, 0.05) is 24.3 Å². The first-order chi connectivity index (χ1) is 12.4. The molecule has 1 heterocycles. The van der Waals surface area contributed by atoms with Gasteiger partial charge < -0.3 is 10.1 Å². The lowest BCUT2D eigenvalue weighted by Crippen LogP contribution is -2.40. The fourth-order valence-electron chi connectivity index (χ4n) is 2.81. The van der Waals surface area contributed by atoms with E-state index in [0.29, 0.717) is 31.9 Å². The van der Waals surface area contributed by atoms with Crippen molar-refractivity contribution in [2.75, 3.05) is 31.6 Å². The molecule has 7 heteroatoms. The number of amides is 1. The zero-order valence-electron chi connectivity index (χ0n) is 14.9. The summed E-state index contributed by atoms with van der Waals surface area (Å²) in [7, 11) is -3.63. The van der Waals surface area contributed by atoms with Crippen LogP contribution < -0.4 is 5.32 Å². The third-order valence-electron chi connectivity index (χ3n) is 4.56. The molecule has 0 atom stereocenters. The van der Waals surface area contributed by atoms with Gasteiger partial charge in [0.05, 0.1) is 18.1 Å². The number of rotatable bonds is 4. The van der Waals surface area contributed by atoms with Crippen molar-refractivity contribution in [3.63, 3.8) is 0 Å². The lowest BCUT2D eigenvalue weighted by atomic mass is 10.1. The fourth-order valence-corrected chi connectivity index (χ4v) is 4.27.